The van der Waals surface area contributed by atoms with Crippen molar-refractivity contribution in [1.29, 1.82) is 0 Å². The molecule has 0 aliphatic heterocycles. The zero-order valence-corrected chi connectivity index (χ0v) is 52.9. The van der Waals surface area contributed by atoms with Gasteiger partial charge in [-0.2, -0.15) is 0 Å². The summed E-state index contributed by atoms with van der Waals surface area (Å²) < 4.78 is 33.1. The number of ether oxygens (including phenoxy) is 2. The lowest BCUT2D eigenvalue weighted by molar-refractivity contribution is -0.161. The molecule has 0 fully saturated rings. The van der Waals surface area contributed by atoms with E-state index in [1.165, 1.54) is 141 Å². The number of phosphoric ester groups is 1. The molecule has 0 aromatic carbocycles. The van der Waals surface area contributed by atoms with Gasteiger partial charge in [0.15, 0.2) is 6.10 Å². The molecule has 9 nitrogen and oxygen atoms in total. The lowest BCUT2D eigenvalue weighted by atomic mass is 10.0. The van der Waals surface area contributed by atoms with Gasteiger partial charge in [0, 0.05) is 19.4 Å². The van der Waals surface area contributed by atoms with Gasteiger partial charge in [0.25, 0.3) is 0 Å². The first kappa shape index (κ1) is 77.4. The van der Waals surface area contributed by atoms with Crippen molar-refractivity contribution in [3.63, 3.8) is 0 Å². The minimum absolute atomic E-state index is 0.0494. The molecule has 2 atom stereocenters. The van der Waals surface area contributed by atoms with Crippen molar-refractivity contribution in [3.8, 4) is 0 Å². The Hall–Kier alpha value is -3.59. The van der Waals surface area contributed by atoms with E-state index in [2.05, 4.69) is 135 Å². The molecule has 464 valence electrons. The van der Waals surface area contributed by atoms with Gasteiger partial charge in [-0.05, 0) is 89.9 Å². The maximum absolute atomic E-state index is 12.7. The van der Waals surface area contributed by atoms with Gasteiger partial charge in [-0.1, -0.05) is 302 Å². The molecule has 10 heteroatoms. The summed E-state index contributed by atoms with van der Waals surface area (Å²) in [6.45, 7) is 3.65. The zero-order chi connectivity index (χ0) is 58.7. The molecule has 0 aromatic heterocycles. The Morgan fingerprint density at radius 3 is 1.01 bits per heavy atom. The maximum atomic E-state index is 12.7. The Labute approximate surface area is 498 Å². The number of phosphoric acid groups is 1. The van der Waals surface area contributed by atoms with Gasteiger partial charge >= 0.3 is 19.8 Å². The SMILES string of the molecule is CC/C=C\C/C=C\C/C=C\C/C=C\C/C=C\C/C=C\C/C=C\C/C=C\C/C=C\C/C=C\CCCCCCCCCCCCC(=O)OC(COC(=O)CCCCCCCCCCCCCCCCCCCCC)COP(=O)(O)OCCN. The quantitative estimate of drug-likeness (QED) is 0.0264. The van der Waals surface area contributed by atoms with Gasteiger partial charge in [0.05, 0.1) is 13.2 Å². The first-order valence-corrected chi connectivity index (χ1v) is 34.5. The lowest BCUT2D eigenvalue weighted by Gasteiger charge is -2.19. The second kappa shape index (κ2) is 65.6. The van der Waals surface area contributed by atoms with Crippen LogP contribution in [0.3, 0.4) is 0 Å². The molecule has 81 heavy (non-hydrogen) atoms. The highest BCUT2D eigenvalue weighted by Gasteiger charge is 2.26. The molecule has 0 saturated heterocycles. The second-order valence-electron chi connectivity index (χ2n) is 21.6. The number of nitrogens with two attached hydrogens (primary N) is 1. The predicted octanol–water partition coefficient (Wildman–Crippen LogP) is 21.5. The number of hydrogen-bond donors (Lipinski definition) is 2. The number of carbonyl (C=O) groups is 2. The Balaban J connectivity index is 3.94. The average Bonchev–Trinajstić information content (AvgIpc) is 3.46. The summed E-state index contributed by atoms with van der Waals surface area (Å²) in [4.78, 5) is 35.3. The molecule has 0 aromatic rings. The smallest absolute Gasteiger partial charge is 0.462 e. The van der Waals surface area contributed by atoms with E-state index in [4.69, 9.17) is 24.3 Å². The van der Waals surface area contributed by atoms with Crippen molar-refractivity contribution < 1.29 is 37.6 Å². The molecule has 3 N–H and O–H groups in total. The lowest BCUT2D eigenvalue weighted by Crippen LogP contribution is -2.29. The van der Waals surface area contributed by atoms with Crippen molar-refractivity contribution in [1.82, 2.24) is 0 Å². The molecule has 0 spiro atoms. The number of unbranched alkanes of at least 4 members (excludes halogenated alkanes) is 28. The first-order valence-electron chi connectivity index (χ1n) is 33.0. The fourth-order valence-corrected chi connectivity index (χ4v) is 9.78. The topological polar surface area (TPSA) is 134 Å². The van der Waals surface area contributed by atoms with E-state index < -0.39 is 26.5 Å². The van der Waals surface area contributed by atoms with Gasteiger partial charge in [-0.3, -0.25) is 18.6 Å². The van der Waals surface area contributed by atoms with Crippen molar-refractivity contribution >= 4 is 19.8 Å². The monoisotopic (exact) mass is 1150 g/mol. The fourth-order valence-electron chi connectivity index (χ4n) is 9.02. The van der Waals surface area contributed by atoms with E-state index in [1.54, 1.807) is 0 Å². The van der Waals surface area contributed by atoms with Crippen LogP contribution in [0.2, 0.25) is 0 Å². The van der Waals surface area contributed by atoms with Crippen LogP contribution < -0.4 is 5.73 Å². The van der Waals surface area contributed by atoms with Crippen molar-refractivity contribution in [2.24, 2.45) is 5.73 Å². The molecule has 0 radical (unpaired) electrons. The van der Waals surface area contributed by atoms with Gasteiger partial charge < -0.3 is 20.1 Å². The number of allylic oxidation sites excluding steroid dienone is 20. The van der Waals surface area contributed by atoms with Crippen LogP contribution in [0.15, 0.2) is 122 Å². The molecule has 0 aliphatic rings. The average molecular weight is 1150 g/mol. The van der Waals surface area contributed by atoms with Crippen LogP contribution >= 0.6 is 7.82 Å². The van der Waals surface area contributed by atoms with Crippen molar-refractivity contribution in [2.75, 3.05) is 26.4 Å². The number of esters is 2. The van der Waals surface area contributed by atoms with Gasteiger partial charge in [0.1, 0.15) is 6.61 Å². The van der Waals surface area contributed by atoms with Crippen LogP contribution in [0.5, 0.6) is 0 Å². The molecule has 0 heterocycles. The molecule has 0 saturated carbocycles. The second-order valence-corrected chi connectivity index (χ2v) is 23.1. The van der Waals surface area contributed by atoms with Crippen LogP contribution in [0.4, 0.5) is 0 Å². The summed E-state index contributed by atoms with van der Waals surface area (Å²) in [6, 6.07) is 0. The third-order valence-corrected chi connectivity index (χ3v) is 14.8. The van der Waals surface area contributed by atoms with Gasteiger partial charge in [-0.25, -0.2) is 4.57 Å². The van der Waals surface area contributed by atoms with Crippen molar-refractivity contribution in [3.05, 3.63) is 122 Å². The first-order chi connectivity index (χ1) is 39.8. The van der Waals surface area contributed by atoms with E-state index in [0.717, 1.165) is 109 Å². The van der Waals surface area contributed by atoms with E-state index in [0.29, 0.717) is 6.42 Å². The normalized spacial score (nSPS) is 13.8. The molecular weight excluding hydrogens is 1030 g/mol. The third-order valence-electron chi connectivity index (χ3n) is 13.9. The fraction of sp³-hybridized carbons (Fsp3) is 0.690. The highest BCUT2D eigenvalue weighted by atomic mass is 31.2. The van der Waals surface area contributed by atoms with Crippen LogP contribution in [0.25, 0.3) is 0 Å². The molecule has 2 unspecified atom stereocenters. The van der Waals surface area contributed by atoms with Gasteiger partial charge in [-0.15, -0.1) is 0 Å². The minimum Gasteiger partial charge on any atom is -0.462 e. The largest absolute Gasteiger partial charge is 0.472 e. The van der Waals surface area contributed by atoms with E-state index >= 15 is 0 Å². The van der Waals surface area contributed by atoms with Crippen LogP contribution in [-0.4, -0.2) is 49.3 Å². The summed E-state index contributed by atoms with van der Waals surface area (Å²) in [5.41, 5.74) is 5.39. The zero-order valence-electron chi connectivity index (χ0n) is 52.0. The third kappa shape index (κ3) is 65.4. The Morgan fingerprint density at radius 2 is 0.679 bits per heavy atom. The summed E-state index contributed by atoms with van der Waals surface area (Å²) >= 11 is 0. The summed E-state index contributed by atoms with van der Waals surface area (Å²) in [7, 11) is -4.40. The Bertz CT molecular complexity index is 1740. The number of hydrogen-bond acceptors (Lipinski definition) is 8. The van der Waals surface area contributed by atoms with E-state index in [9.17, 15) is 19.0 Å². The van der Waals surface area contributed by atoms with E-state index in [-0.39, 0.29) is 38.6 Å². The molecule has 0 bridgehead atoms. The highest BCUT2D eigenvalue weighted by Crippen LogP contribution is 2.43. The molecule has 0 rings (SSSR count). The molecule has 0 aliphatic carbocycles. The Kier molecular flexibility index (Phi) is 62.7. The highest BCUT2D eigenvalue weighted by molar-refractivity contribution is 7.47. The predicted molar refractivity (Wildman–Crippen MR) is 348 cm³/mol. The molecule has 0 amide bonds. The number of rotatable bonds is 61. The summed E-state index contributed by atoms with van der Waals surface area (Å²) in [6.07, 6.45) is 91.3. The number of carbonyl (C=O) groups excluding carboxylic acids is 2. The Morgan fingerprint density at radius 1 is 0.383 bits per heavy atom. The van der Waals surface area contributed by atoms with Crippen LogP contribution in [0, 0.1) is 0 Å². The van der Waals surface area contributed by atoms with Gasteiger partial charge in [0.2, 0.25) is 0 Å². The summed E-state index contributed by atoms with van der Waals surface area (Å²) in [5, 5.41) is 0. The van der Waals surface area contributed by atoms with E-state index in [1.807, 2.05) is 0 Å². The standard InChI is InChI=1S/C71H122NO8P/c1-3-5-7-9-11-13-15-17-19-21-23-24-25-26-27-28-29-30-31-32-33-34-35-36-37-38-39-40-41-42-43-44-46-48-50-52-54-56-58-60-62-64-71(74)80-69(68-79-81(75,76)78-66-65-72)67-77-70(73)63-61-59-57-55-53-51-49-47-45-22-20-18-16-14-12-10-8-6-4-2/h5,7,11,13,17,19,23-24,26-27,29-30,32-33,35-36,38-39,41-42,69H,3-4,6,8-10,12,14-16,18,20-22,25,28,31,34,37,40,43-68,72H2,1-2H3,(H,75,76)/b7-5-,13-11-,19-17-,24-23-,27-26-,30-29-,33-32-,36-35-,39-38-,42-41-. The maximum Gasteiger partial charge on any atom is 0.472 e. The minimum atomic E-state index is -4.40. The molecular formula is C71H122NO8P. The van der Waals surface area contributed by atoms with Crippen molar-refractivity contribution in [2.45, 2.75) is 290 Å². The van der Waals surface area contributed by atoms with Crippen LogP contribution in [0.1, 0.15) is 284 Å². The summed E-state index contributed by atoms with van der Waals surface area (Å²) in [5.74, 6) is -0.828. The van der Waals surface area contributed by atoms with Crippen LogP contribution in [-0.2, 0) is 32.7 Å².